The fourth-order valence-corrected chi connectivity index (χ4v) is 2.46. The van der Waals surface area contributed by atoms with Crippen molar-refractivity contribution in [3.8, 4) is 5.75 Å². The van der Waals surface area contributed by atoms with E-state index in [9.17, 15) is 18.3 Å². The van der Waals surface area contributed by atoms with Crippen molar-refractivity contribution in [2.45, 2.75) is 4.90 Å². The molecule has 0 bridgehead atoms. The minimum atomic E-state index is -3.83. The number of aromatic hydroxyl groups is 1. The first-order valence-corrected chi connectivity index (χ1v) is 4.90. The molecular weight excluding hydrogens is 194 g/mol. The van der Waals surface area contributed by atoms with E-state index in [1.54, 1.807) is 4.72 Å². The molecule has 0 aromatic heterocycles. The minimum Gasteiger partial charge on any atom is -0.506 e. The summed E-state index contributed by atoms with van der Waals surface area (Å²) in [6.07, 6.45) is 0. The van der Waals surface area contributed by atoms with Gasteiger partial charge in [-0.05, 0) is 12.1 Å². The van der Waals surface area contributed by atoms with Crippen molar-refractivity contribution in [1.82, 2.24) is 4.72 Å². The standard InChI is InChI=1S/C7H5NO4S/c9-5-3-1-2-4-6(5)13(11,12)8-7(4)10/h1-3,9H,(H,8,10). The van der Waals surface area contributed by atoms with Crippen molar-refractivity contribution in [1.29, 1.82) is 0 Å². The molecule has 0 saturated heterocycles. The summed E-state index contributed by atoms with van der Waals surface area (Å²) < 4.78 is 24.2. The highest BCUT2D eigenvalue weighted by molar-refractivity contribution is 7.90. The summed E-state index contributed by atoms with van der Waals surface area (Å²) in [7, 11) is -3.83. The topological polar surface area (TPSA) is 83.5 Å². The predicted molar refractivity (Wildman–Crippen MR) is 42.8 cm³/mol. The van der Waals surface area contributed by atoms with Crippen LogP contribution in [0.2, 0.25) is 0 Å². The van der Waals surface area contributed by atoms with E-state index in [1.807, 2.05) is 0 Å². The molecule has 2 rings (SSSR count). The van der Waals surface area contributed by atoms with Gasteiger partial charge in [0.15, 0.2) is 0 Å². The smallest absolute Gasteiger partial charge is 0.268 e. The van der Waals surface area contributed by atoms with Crippen LogP contribution in [0.1, 0.15) is 10.4 Å². The van der Waals surface area contributed by atoms with Crippen molar-refractivity contribution < 1.29 is 18.3 Å². The van der Waals surface area contributed by atoms with E-state index in [-0.39, 0.29) is 10.5 Å². The van der Waals surface area contributed by atoms with Gasteiger partial charge in [-0.15, -0.1) is 0 Å². The summed E-state index contributed by atoms with van der Waals surface area (Å²) in [6.45, 7) is 0. The number of amides is 1. The highest BCUT2D eigenvalue weighted by Crippen LogP contribution is 2.30. The zero-order valence-electron chi connectivity index (χ0n) is 6.31. The van der Waals surface area contributed by atoms with Gasteiger partial charge in [0.25, 0.3) is 15.9 Å². The van der Waals surface area contributed by atoms with E-state index in [2.05, 4.69) is 0 Å². The fourth-order valence-electron chi connectivity index (χ4n) is 1.21. The summed E-state index contributed by atoms with van der Waals surface area (Å²) in [5.41, 5.74) is -0.0139. The first-order chi connectivity index (χ1) is 6.02. The molecule has 1 aromatic carbocycles. The molecule has 1 heterocycles. The van der Waals surface area contributed by atoms with Gasteiger partial charge in [-0.2, -0.15) is 0 Å². The van der Waals surface area contributed by atoms with Crippen molar-refractivity contribution in [3.63, 3.8) is 0 Å². The fraction of sp³-hybridized carbons (Fsp3) is 0. The molecule has 0 radical (unpaired) electrons. The lowest BCUT2D eigenvalue weighted by Crippen LogP contribution is -2.20. The van der Waals surface area contributed by atoms with E-state index < -0.39 is 21.7 Å². The second-order valence-corrected chi connectivity index (χ2v) is 4.21. The normalized spacial score (nSPS) is 18.0. The maximum atomic E-state index is 11.2. The number of nitrogens with one attached hydrogen (secondary N) is 1. The van der Waals surface area contributed by atoms with E-state index in [1.165, 1.54) is 18.2 Å². The largest absolute Gasteiger partial charge is 0.506 e. The van der Waals surface area contributed by atoms with Crippen LogP contribution in [0.25, 0.3) is 0 Å². The molecule has 1 aliphatic heterocycles. The molecule has 0 saturated carbocycles. The number of hydrogen-bond acceptors (Lipinski definition) is 4. The Morgan fingerprint density at radius 3 is 2.62 bits per heavy atom. The van der Waals surface area contributed by atoms with Gasteiger partial charge in [0.05, 0.1) is 5.56 Å². The number of sulfonamides is 1. The molecule has 0 aliphatic carbocycles. The van der Waals surface area contributed by atoms with Gasteiger partial charge < -0.3 is 5.11 Å². The number of carbonyl (C=O) groups is 1. The number of phenolic OH excluding ortho intramolecular Hbond substituents is 1. The Hall–Kier alpha value is -1.56. The van der Waals surface area contributed by atoms with Crippen molar-refractivity contribution in [3.05, 3.63) is 23.8 Å². The monoisotopic (exact) mass is 199 g/mol. The van der Waals surface area contributed by atoms with Crippen LogP contribution in [0.4, 0.5) is 0 Å². The number of phenols is 1. The van der Waals surface area contributed by atoms with Gasteiger partial charge in [0.2, 0.25) is 0 Å². The lowest BCUT2D eigenvalue weighted by molar-refractivity contribution is 0.0985. The number of benzene rings is 1. The molecule has 0 unspecified atom stereocenters. The zero-order chi connectivity index (χ0) is 9.64. The third-order valence-electron chi connectivity index (χ3n) is 1.73. The third kappa shape index (κ3) is 0.988. The highest BCUT2D eigenvalue weighted by atomic mass is 32.2. The van der Waals surface area contributed by atoms with Crippen LogP contribution in [0.15, 0.2) is 23.1 Å². The molecule has 0 fully saturated rings. The summed E-state index contributed by atoms with van der Waals surface area (Å²) in [4.78, 5) is 10.7. The minimum absolute atomic E-state index is 0.0139. The number of carbonyl (C=O) groups excluding carboxylic acids is 1. The molecule has 13 heavy (non-hydrogen) atoms. The van der Waals surface area contributed by atoms with Crippen LogP contribution in [-0.4, -0.2) is 19.4 Å². The van der Waals surface area contributed by atoms with Crippen molar-refractivity contribution >= 4 is 15.9 Å². The van der Waals surface area contributed by atoms with E-state index >= 15 is 0 Å². The Bertz CT molecular complexity index is 491. The Morgan fingerprint density at radius 1 is 1.31 bits per heavy atom. The highest BCUT2D eigenvalue weighted by Gasteiger charge is 2.34. The first kappa shape index (κ1) is 8.06. The molecule has 0 spiro atoms. The molecule has 6 heteroatoms. The zero-order valence-corrected chi connectivity index (χ0v) is 7.13. The lowest BCUT2D eigenvalue weighted by atomic mass is 10.2. The van der Waals surface area contributed by atoms with Gasteiger partial charge in [-0.3, -0.25) is 4.79 Å². The second kappa shape index (κ2) is 2.23. The van der Waals surface area contributed by atoms with Crippen molar-refractivity contribution in [2.75, 3.05) is 0 Å². The summed E-state index contributed by atoms with van der Waals surface area (Å²) >= 11 is 0. The van der Waals surface area contributed by atoms with Gasteiger partial charge in [0, 0.05) is 0 Å². The van der Waals surface area contributed by atoms with E-state index in [0.717, 1.165) is 0 Å². The molecule has 68 valence electrons. The third-order valence-corrected chi connectivity index (χ3v) is 3.16. The van der Waals surface area contributed by atoms with Crippen LogP contribution in [-0.2, 0) is 10.0 Å². The predicted octanol–water partition coefficient (Wildman–Crippen LogP) is -0.176. The Kier molecular flexibility index (Phi) is 1.38. The Morgan fingerprint density at radius 2 is 2.00 bits per heavy atom. The molecule has 5 nitrogen and oxygen atoms in total. The molecule has 2 N–H and O–H groups in total. The molecule has 0 atom stereocenters. The van der Waals surface area contributed by atoms with E-state index in [0.29, 0.717) is 0 Å². The van der Waals surface area contributed by atoms with Gasteiger partial charge in [-0.1, -0.05) is 6.07 Å². The average molecular weight is 199 g/mol. The number of rotatable bonds is 0. The maximum Gasteiger partial charge on any atom is 0.268 e. The van der Waals surface area contributed by atoms with Crippen molar-refractivity contribution in [2.24, 2.45) is 0 Å². The van der Waals surface area contributed by atoms with Crippen LogP contribution >= 0.6 is 0 Å². The van der Waals surface area contributed by atoms with Gasteiger partial charge in [-0.25, -0.2) is 13.1 Å². The molecule has 1 amide bonds. The Balaban J connectivity index is 2.89. The molecule has 1 aliphatic rings. The Labute approximate surface area is 74.1 Å². The quantitative estimate of drug-likeness (QED) is 0.607. The van der Waals surface area contributed by atoms with Crippen LogP contribution in [0, 0.1) is 0 Å². The summed E-state index contributed by atoms with van der Waals surface area (Å²) in [5.74, 6) is -1.11. The lowest BCUT2D eigenvalue weighted by Gasteiger charge is -1.97. The second-order valence-electron chi connectivity index (χ2n) is 2.59. The molecule has 1 aromatic rings. The number of fused-ring (bicyclic) bond motifs is 1. The van der Waals surface area contributed by atoms with Crippen LogP contribution in [0.3, 0.4) is 0 Å². The summed E-state index contributed by atoms with van der Waals surface area (Å²) in [5, 5.41) is 9.21. The molecular formula is C7H5NO4S. The number of hydrogen-bond donors (Lipinski definition) is 2. The summed E-state index contributed by atoms with van der Waals surface area (Å²) in [6, 6.07) is 3.97. The first-order valence-electron chi connectivity index (χ1n) is 3.41. The SMILES string of the molecule is O=C1NS(=O)(=O)c2c(O)cccc21. The van der Waals surface area contributed by atoms with Crippen LogP contribution in [0.5, 0.6) is 5.75 Å². The van der Waals surface area contributed by atoms with Gasteiger partial charge in [0.1, 0.15) is 10.6 Å². The van der Waals surface area contributed by atoms with Crippen LogP contribution < -0.4 is 4.72 Å². The van der Waals surface area contributed by atoms with Gasteiger partial charge >= 0.3 is 0 Å². The van der Waals surface area contributed by atoms with E-state index in [4.69, 9.17) is 0 Å². The maximum absolute atomic E-state index is 11.2. The average Bonchev–Trinajstić information content (AvgIpc) is 2.24.